The average Bonchev–Trinajstić information content (AvgIpc) is 3.35. The number of hydrogen-bond donors (Lipinski definition) is 4. The van der Waals surface area contributed by atoms with Crippen molar-refractivity contribution < 1.29 is 24.6 Å². The van der Waals surface area contributed by atoms with Crippen LogP contribution in [0.4, 0.5) is 0 Å². The van der Waals surface area contributed by atoms with Crippen LogP contribution in [0, 0.1) is 40.9 Å². The van der Waals surface area contributed by atoms with Gasteiger partial charge in [-0.3, -0.25) is 14.4 Å². The molecule has 8 atom stereocenters. The van der Waals surface area contributed by atoms with E-state index in [9.17, 15) is 19.8 Å². The fourth-order valence-corrected chi connectivity index (χ4v) is 7.30. The molecular formula is C34H43N3O5. The smallest absolute Gasteiger partial charge is 0.252 e. The monoisotopic (exact) mass is 573 g/mol. The Bertz CT molecular complexity index is 1330. The minimum atomic E-state index is -0.854. The minimum Gasteiger partial charge on any atom is -0.396 e. The molecule has 4 aliphatic rings. The molecule has 3 aliphatic carbocycles. The number of carbonyl (C=O) groups is 2. The molecule has 2 unspecified atom stereocenters. The zero-order chi connectivity index (χ0) is 30.0. The van der Waals surface area contributed by atoms with Gasteiger partial charge in [0.05, 0.1) is 25.8 Å². The van der Waals surface area contributed by atoms with E-state index in [1.165, 1.54) is 6.42 Å². The lowest BCUT2D eigenvalue weighted by Gasteiger charge is -2.62. The van der Waals surface area contributed by atoms with E-state index in [4.69, 9.17) is 4.84 Å². The highest BCUT2D eigenvalue weighted by molar-refractivity contribution is 5.94. The first-order chi connectivity index (χ1) is 20.1. The van der Waals surface area contributed by atoms with Gasteiger partial charge in [0.1, 0.15) is 12.1 Å². The van der Waals surface area contributed by atoms with Gasteiger partial charge in [-0.05, 0) is 72.8 Å². The Balaban J connectivity index is 1.26. The molecule has 8 heteroatoms. The standard InChI is InChI=1S/C34H43N3O5/c1-21-28-17-26(34(28,3)4)18-29(21)36-33(41)30-27(20-38)31(22(2)39)42-37(30)19-24-11-8-10-23(16-24)12-9-15-35-32(40)25-13-6-5-7-14-25/h5-8,10-11,13-14,16,21-22,26-31,38-39H,15,17-20H2,1-4H3,(H,35,40)(H,36,41)/t21-,22+,26?,27+,28?,29+,30+,31-/m1/s1. The summed E-state index contributed by atoms with van der Waals surface area (Å²) in [4.78, 5) is 32.2. The molecule has 4 fully saturated rings. The molecule has 1 aliphatic heterocycles. The number of aliphatic hydroxyl groups excluding tert-OH is 2. The van der Waals surface area contributed by atoms with Crippen LogP contribution < -0.4 is 10.6 Å². The maximum absolute atomic E-state index is 13.8. The van der Waals surface area contributed by atoms with Crippen molar-refractivity contribution in [3.63, 3.8) is 0 Å². The van der Waals surface area contributed by atoms with Crippen molar-refractivity contribution in [2.75, 3.05) is 13.2 Å². The third-order valence-electron chi connectivity index (χ3n) is 9.90. The van der Waals surface area contributed by atoms with Gasteiger partial charge in [0.2, 0.25) is 5.91 Å². The van der Waals surface area contributed by atoms with Crippen LogP contribution in [0.25, 0.3) is 0 Å². The van der Waals surface area contributed by atoms with Gasteiger partial charge in [-0.15, -0.1) is 0 Å². The Kier molecular flexibility index (Phi) is 9.05. The number of carbonyl (C=O) groups excluding carboxylic acids is 2. The maximum Gasteiger partial charge on any atom is 0.252 e. The highest BCUT2D eigenvalue weighted by Gasteiger charge is 2.57. The maximum atomic E-state index is 13.8. The number of rotatable bonds is 8. The van der Waals surface area contributed by atoms with Crippen LogP contribution >= 0.6 is 0 Å². The molecule has 0 aromatic heterocycles. The van der Waals surface area contributed by atoms with Gasteiger partial charge in [0.25, 0.3) is 5.91 Å². The van der Waals surface area contributed by atoms with E-state index in [1.54, 1.807) is 24.1 Å². The van der Waals surface area contributed by atoms with Crippen LogP contribution in [0.2, 0.25) is 0 Å². The van der Waals surface area contributed by atoms with Crippen LogP contribution in [0.1, 0.15) is 62.0 Å². The van der Waals surface area contributed by atoms with Crippen LogP contribution in [0.15, 0.2) is 54.6 Å². The number of nitrogens with one attached hydrogen (secondary N) is 2. The average molecular weight is 574 g/mol. The van der Waals surface area contributed by atoms with E-state index in [0.717, 1.165) is 17.5 Å². The normalized spacial score (nSPS) is 30.4. The molecule has 2 bridgehead atoms. The number of benzene rings is 2. The molecule has 2 aromatic rings. The minimum absolute atomic E-state index is 0.0852. The summed E-state index contributed by atoms with van der Waals surface area (Å²) < 4.78 is 0. The van der Waals surface area contributed by atoms with Crippen LogP contribution in [0.3, 0.4) is 0 Å². The number of hydrogen-bond acceptors (Lipinski definition) is 6. The molecule has 0 spiro atoms. The Hall–Kier alpha value is -3.22. The second-order valence-electron chi connectivity index (χ2n) is 12.8. The fourth-order valence-electron chi connectivity index (χ4n) is 7.30. The van der Waals surface area contributed by atoms with Crippen LogP contribution in [-0.4, -0.2) is 64.5 Å². The van der Waals surface area contributed by atoms with Gasteiger partial charge < -0.3 is 20.8 Å². The van der Waals surface area contributed by atoms with Crippen LogP contribution in [-0.2, 0) is 16.2 Å². The molecule has 4 N–H and O–H groups in total. The first-order valence-corrected chi connectivity index (χ1v) is 15.0. The molecule has 1 heterocycles. The predicted octanol–water partition coefficient (Wildman–Crippen LogP) is 3.13. The van der Waals surface area contributed by atoms with Crippen molar-refractivity contribution in [2.45, 2.75) is 71.4 Å². The van der Waals surface area contributed by atoms with E-state index >= 15 is 0 Å². The Morgan fingerprint density at radius 1 is 1.14 bits per heavy atom. The van der Waals surface area contributed by atoms with Crippen molar-refractivity contribution in [3.8, 4) is 11.8 Å². The molecule has 3 saturated carbocycles. The quantitative estimate of drug-likeness (QED) is 0.361. The SMILES string of the molecule is C[C@H](O)[C@H]1ON(Cc2cccc(C#CCNC(=O)c3ccccc3)c2)[C@H](C(=O)N[C@H]2CC3CC([C@H]2C)C3(C)C)[C@@H]1CO. The first kappa shape index (κ1) is 30.2. The van der Waals surface area contributed by atoms with Gasteiger partial charge >= 0.3 is 0 Å². The second-order valence-corrected chi connectivity index (χ2v) is 12.8. The first-order valence-electron chi connectivity index (χ1n) is 15.0. The Morgan fingerprint density at radius 3 is 2.57 bits per heavy atom. The summed E-state index contributed by atoms with van der Waals surface area (Å²) in [5, 5.41) is 28.4. The number of hydroxylamine groups is 2. The lowest BCUT2D eigenvalue weighted by atomic mass is 9.45. The predicted molar refractivity (Wildman–Crippen MR) is 160 cm³/mol. The van der Waals surface area contributed by atoms with E-state index in [2.05, 4.69) is 43.2 Å². The zero-order valence-corrected chi connectivity index (χ0v) is 24.9. The summed E-state index contributed by atoms with van der Waals surface area (Å²) in [7, 11) is 0. The summed E-state index contributed by atoms with van der Waals surface area (Å²) in [6.45, 7) is 8.75. The number of nitrogens with zero attached hydrogens (tertiary/aromatic N) is 1. The highest BCUT2D eigenvalue weighted by Crippen LogP contribution is 2.61. The van der Waals surface area contributed by atoms with E-state index in [0.29, 0.717) is 28.7 Å². The largest absolute Gasteiger partial charge is 0.396 e. The summed E-state index contributed by atoms with van der Waals surface area (Å²) in [6.07, 6.45) is 0.632. The summed E-state index contributed by atoms with van der Waals surface area (Å²) in [6, 6.07) is 16.0. The molecule has 42 heavy (non-hydrogen) atoms. The second kappa shape index (κ2) is 12.6. The lowest BCUT2D eigenvalue weighted by molar-refractivity contribution is -0.193. The van der Waals surface area contributed by atoms with E-state index < -0.39 is 24.2 Å². The molecule has 6 rings (SSSR count). The molecule has 0 radical (unpaired) electrons. The fraction of sp³-hybridized carbons (Fsp3) is 0.529. The summed E-state index contributed by atoms with van der Waals surface area (Å²) >= 11 is 0. The molecule has 2 aromatic carbocycles. The van der Waals surface area contributed by atoms with Crippen molar-refractivity contribution in [1.29, 1.82) is 0 Å². The zero-order valence-electron chi connectivity index (χ0n) is 24.9. The number of aliphatic hydroxyl groups is 2. The van der Waals surface area contributed by atoms with Gasteiger partial charge in [0.15, 0.2) is 0 Å². The summed E-state index contributed by atoms with van der Waals surface area (Å²) in [5.74, 6) is 6.74. The van der Waals surface area contributed by atoms with Crippen molar-refractivity contribution >= 4 is 11.8 Å². The highest BCUT2D eigenvalue weighted by atomic mass is 16.7. The van der Waals surface area contributed by atoms with Gasteiger partial charge in [-0.2, -0.15) is 5.06 Å². The topological polar surface area (TPSA) is 111 Å². The van der Waals surface area contributed by atoms with Crippen LogP contribution in [0.5, 0.6) is 0 Å². The van der Waals surface area contributed by atoms with Crippen molar-refractivity contribution in [2.24, 2.45) is 29.1 Å². The third-order valence-corrected chi connectivity index (χ3v) is 9.90. The molecule has 2 amide bonds. The number of amides is 2. The molecule has 8 nitrogen and oxygen atoms in total. The van der Waals surface area contributed by atoms with Crippen molar-refractivity contribution in [1.82, 2.24) is 15.7 Å². The Morgan fingerprint density at radius 2 is 1.90 bits per heavy atom. The number of fused-ring (bicyclic) bond motifs is 2. The Labute approximate surface area is 248 Å². The molecule has 224 valence electrons. The van der Waals surface area contributed by atoms with Gasteiger partial charge in [-0.1, -0.05) is 62.9 Å². The molecular weight excluding hydrogens is 530 g/mol. The molecule has 1 saturated heterocycles. The van der Waals surface area contributed by atoms with Crippen molar-refractivity contribution in [3.05, 3.63) is 71.3 Å². The third kappa shape index (κ3) is 6.11. The summed E-state index contributed by atoms with van der Waals surface area (Å²) in [5.41, 5.74) is 2.55. The lowest BCUT2D eigenvalue weighted by Crippen LogP contribution is -2.62. The van der Waals surface area contributed by atoms with Gasteiger partial charge in [0, 0.05) is 23.1 Å². The van der Waals surface area contributed by atoms with E-state index in [-0.39, 0.29) is 37.6 Å². The van der Waals surface area contributed by atoms with Gasteiger partial charge in [-0.25, -0.2) is 0 Å². The van der Waals surface area contributed by atoms with E-state index in [1.807, 2.05) is 42.5 Å².